The van der Waals surface area contributed by atoms with Crippen LogP contribution < -0.4 is 0 Å². The minimum Gasteiger partial charge on any atom is -0.504 e. The van der Waals surface area contributed by atoms with Crippen LogP contribution in [0.25, 0.3) is 5.57 Å². The molecule has 0 saturated carbocycles. The van der Waals surface area contributed by atoms with Crippen molar-refractivity contribution >= 4 is 5.57 Å². The second kappa shape index (κ2) is 4.46. The van der Waals surface area contributed by atoms with E-state index in [1.807, 2.05) is 6.20 Å². The third kappa shape index (κ3) is 2.10. The number of rotatable bonds is 2. The lowest BCUT2D eigenvalue weighted by molar-refractivity contribution is 0.403. The Morgan fingerprint density at radius 2 is 2.00 bits per heavy atom. The number of nitrogens with zero attached hydrogens (tertiary/aromatic N) is 1. The molecule has 1 heterocycles. The Bertz CT molecular complexity index is 642. The number of benzene rings is 1. The highest BCUT2D eigenvalue weighted by Crippen LogP contribution is 2.38. The van der Waals surface area contributed by atoms with E-state index in [0.717, 1.165) is 36.1 Å². The minimum absolute atomic E-state index is 0.0384. The van der Waals surface area contributed by atoms with Gasteiger partial charge in [-0.25, -0.2) is 4.98 Å². The lowest BCUT2D eigenvalue weighted by atomic mass is 9.84. The summed E-state index contributed by atoms with van der Waals surface area (Å²) in [4.78, 5) is 7.15. The van der Waals surface area contributed by atoms with Crippen LogP contribution >= 0.6 is 0 Å². The van der Waals surface area contributed by atoms with Crippen molar-refractivity contribution < 1.29 is 10.2 Å². The van der Waals surface area contributed by atoms with Gasteiger partial charge in [0.2, 0.25) is 0 Å². The predicted molar refractivity (Wildman–Crippen MR) is 73.0 cm³/mol. The van der Waals surface area contributed by atoms with Gasteiger partial charge in [-0.05, 0) is 48.6 Å². The molecule has 1 aromatic carbocycles. The summed E-state index contributed by atoms with van der Waals surface area (Å²) in [6.07, 6.45) is 6.24. The Labute approximate surface area is 111 Å². The average molecular weight is 256 g/mol. The highest BCUT2D eigenvalue weighted by Gasteiger charge is 2.18. The molecule has 0 spiro atoms. The highest BCUT2D eigenvalue weighted by molar-refractivity contribution is 5.74. The van der Waals surface area contributed by atoms with Crippen molar-refractivity contribution in [2.24, 2.45) is 0 Å². The van der Waals surface area contributed by atoms with Crippen LogP contribution in [0, 0.1) is 0 Å². The van der Waals surface area contributed by atoms with E-state index in [9.17, 15) is 10.2 Å². The van der Waals surface area contributed by atoms with E-state index in [1.165, 1.54) is 11.1 Å². The maximum Gasteiger partial charge on any atom is 0.158 e. The van der Waals surface area contributed by atoms with Crippen LogP contribution in [-0.2, 0) is 12.8 Å². The van der Waals surface area contributed by atoms with E-state index in [0.29, 0.717) is 0 Å². The van der Waals surface area contributed by atoms with Crippen LogP contribution in [0.15, 0.2) is 30.2 Å². The monoisotopic (exact) mass is 256 g/mol. The van der Waals surface area contributed by atoms with Crippen molar-refractivity contribution in [3.8, 4) is 11.5 Å². The van der Waals surface area contributed by atoms with E-state index < -0.39 is 0 Å². The number of hydrogen-bond donors (Lipinski definition) is 3. The van der Waals surface area contributed by atoms with Gasteiger partial charge in [-0.1, -0.05) is 5.57 Å². The third-order valence-electron chi connectivity index (χ3n) is 3.79. The first-order valence-electron chi connectivity index (χ1n) is 6.36. The minimum atomic E-state index is -0.0547. The number of H-pyrrole nitrogens is 1. The molecule has 3 N–H and O–H groups in total. The van der Waals surface area contributed by atoms with Crippen LogP contribution in [0.5, 0.6) is 11.5 Å². The van der Waals surface area contributed by atoms with Crippen LogP contribution in [0.3, 0.4) is 0 Å². The second-order valence-electron chi connectivity index (χ2n) is 4.98. The maximum atomic E-state index is 9.65. The molecule has 0 bridgehead atoms. The predicted octanol–water partition coefficient (Wildman–Crippen LogP) is 2.78. The Balaban J connectivity index is 2.00. The molecule has 0 aliphatic heterocycles. The molecule has 1 aliphatic carbocycles. The smallest absolute Gasteiger partial charge is 0.158 e. The van der Waals surface area contributed by atoms with Gasteiger partial charge in [-0.15, -0.1) is 0 Å². The molecule has 0 atom stereocenters. The molecule has 0 fully saturated rings. The lowest BCUT2D eigenvalue weighted by Crippen LogP contribution is -2.06. The van der Waals surface area contributed by atoms with E-state index in [-0.39, 0.29) is 11.5 Å². The Hall–Kier alpha value is -2.23. The van der Waals surface area contributed by atoms with Gasteiger partial charge in [-0.2, -0.15) is 0 Å². The molecule has 0 amide bonds. The van der Waals surface area contributed by atoms with Crippen molar-refractivity contribution in [1.82, 2.24) is 9.97 Å². The molecular weight excluding hydrogens is 240 g/mol. The molecule has 0 radical (unpaired) electrons. The zero-order valence-electron chi connectivity index (χ0n) is 10.8. The SMILES string of the molecule is CC1=C(Cc2cnc[nH]2)CCc2cc(O)c(O)cc21. The Morgan fingerprint density at radius 3 is 2.74 bits per heavy atom. The number of imidazole rings is 1. The zero-order chi connectivity index (χ0) is 13.4. The topological polar surface area (TPSA) is 69.1 Å². The first kappa shape index (κ1) is 11.8. The number of aromatic nitrogens is 2. The van der Waals surface area contributed by atoms with Crippen LogP contribution in [0.4, 0.5) is 0 Å². The molecule has 1 aromatic heterocycles. The lowest BCUT2D eigenvalue weighted by Gasteiger charge is -2.21. The Morgan fingerprint density at radius 1 is 1.21 bits per heavy atom. The number of phenols is 2. The molecule has 3 rings (SSSR count). The number of aromatic amines is 1. The maximum absolute atomic E-state index is 9.65. The molecule has 0 saturated heterocycles. The van der Waals surface area contributed by atoms with Crippen molar-refractivity contribution in [3.05, 3.63) is 47.1 Å². The van der Waals surface area contributed by atoms with Crippen LogP contribution in [0.1, 0.15) is 30.2 Å². The summed E-state index contributed by atoms with van der Waals surface area (Å²) in [6.45, 7) is 2.07. The van der Waals surface area contributed by atoms with E-state index in [1.54, 1.807) is 18.5 Å². The summed E-state index contributed by atoms with van der Waals surface area (Å²) in [7, 11) is 0. The number of phenolic OH excluding ortho intramolecular Hbond substituents is 2. The zero-order valence-corrected chi connectivity index (χ0v) is 10.8. The van der Waals surface area contributed by atoms with E-state index in [2.05, 4.69) is 16.9 Å². The standard InChI is InChI=1S/C15H16N2O2/c1-9-10(4-12-7-16-8-17-12)2-3-11-5-14(18)15(19)6-13(9)11/h5-8,18-19H,2-4H2,1H3,(H,16,17). The molecule has 4 heteroatoms. The van der Waals surface area contributed by atoms with Gasteiger partial charge in [0.25, 0.3) is 0 Å². The first-order chi connectivity index (χ1) is 9.15. The van der Waals surface area contributed by atoms with Gasteiger partial charge >= 0.3 is 0 Å². The van der Waals surface area contributed by atoms with Crippen molar-refractivity contribution in [1.29, 1.82) is 0 Å². The molecule has 98 valence electrons. The van der Waals surface area contributed by atoms with E-state index >= 15 is 0 Å². The van der Waals surface area contributed by atoms with Gasteiger partial charge < -0.3 is 15.2 Å². The summed E-state index contributed by atoms with van der Waals surface area (Å²) in [5.41, 5.74) is 5.77. The number of fused-ring (bicyclic) bond motifs is 1. The molecule has 4 nitrogen and oxygen atoms in total. The van der Waals surface area contributed by atoms with Crippen LogP contribution in [-0.4, -0.2) is 20.2 Å². The fourth-order valence-electron chi connectivity index (χ4n) is 2.67. The van der Waals surface area contributed by atoms with Gasteiger partial charge in [0.15, 0.2) is 11.5 Å². The number of hydrogen-bond acceptors (Lipinski definition) is 3. The summed E-state index contributed by atoms with van der Waals surface area (Å²) in [6, 6.07) is 3.33. The summed E-state index contributed by atoms with van der Waals surface area (Å²) in [5, 5.41) is 19.2. The van der Waals surface area contributed by atoms with Gasteiger partial charge in [-0.3, -0.25) is 0 Å². The summed E-state index contributed by atoms with van der Waals surface area (Å²) in [5.74, 6) is -0.0931. The Kier molecular flexibility index (Phi) is 2.78. The highest BCUT2D eigenvalue weighted by atomic mass is 16.3. The molecule has 2 aromatic rings. The molecular formula is C15H16N2O2. The largest absolute Gasteiger partial charge is 0.504 e. The normalized spacial score (nSPS) is 14.6. The molecule has 19 heavy (non-hydrogen) atoms. The third-order valence-corrected chi connectivity index (χ3v) is 3.79. The quantitative estimate of drug-likeness (QED) is 0.724. The number of nitrogens with one attached hydrogen (secondary N) is 1. The van der Waals surface area contributed by atoms with Gasteiger partial charge in [0.05, 0.1) is 6.33 Å². The van der Waals surface area contributed by atoms with Gasteiger partial charge in [0, 0.05) is 18.3 Å². The summed E-state index contributed by atoms with van der Waals surface area (Å²) < 4.78 is 0. The fourth-order valence-corrected chi connectivity index (χ4v) is 2.67. The van der Waals surface area contributed by atoms with E-state index in [4.69, 9.17) is 0 Å². The molecule has 0 unspecified atom stereocenters. The van der Waals surface area contributed by atoms with Gasteiger partial charge in [0.1, 0.15) is 0 Å². The second-order valence-corrected chi connectivity index (χ2v) is 4.98. The first-order valence-corrected chi connectivity index (χ1v) is 6.36. The van der Waals surface area contributed by atoms with Crippen molar-refractivity contribution in [2.45, 2.75) is 26.2 Å². The average Bonchev–Trinajstić information content (AvgIpc) is 2.88. The van der Waals surface area contributed by atoms with Crippen molar-refractivity contribution in [3.63, 3.8) is 0 Å². The van der Waals surface area contributed by atoms with Crippen LogP contribution in [0.2, 0.25) is 0 Å². The summed E-state index contributed by atoms with van der Waals surface area (Å²) >= 11 is 0. The number of aryl methyl sites for hydroxylation is 1. The number of allylic oxidation sites excluding steroid dienone is 2. The molecule has 1 aliphatic rings. The van der Waals surface area contributed by atoms with Crippen molar-refractivity contribution in [2.75, 3.05) is 0 Å². The fraction of sp³-hybridized carbons (Fsp3) is 0.267. The number of aromatic hydroxyl groups is 2.